The number of aromatic amines is 2. The van der Waals surface area contributed by atoms with Gasteiger partial charge in [-0.3, -0.25) is 20.2 Å². The first-order chi connectivity index (χ1) is 27.0. The number of hydrazine groups is 1. The number of aromatic nitrogens is 6. The quantitative estimate of drug-likeness (QED) is 0.115. The molecule has 0 amide bonds. The molecule has 8 rings (SSSR count). The van der Waals surface area contributed by atoms with Gasteiger partial charge in [0.05, 0.1) is 54.8 Å². The SMILES string of the molecule is COc1cc(OCc2ccc3nc(-c4c(N)n(-c5cc(OC)cc(OC)c5)n(C)c4=O)[nH]c3c2)cc(N2C(O)C(c3nc4ccccc4[nH]3)C(=N)N2C(C)C)c1. The third-order valence-corrected chi connectivity index (χ3v) is 9.94. The molecule has 2 unspecified atom stereocenters. The molecule has 0 bridgehead atoms. The summed E-state index contributed by atoms with van der Waals surface area (Å²) in [5.74, 6) is 2.60. The van der Waals surface area contributed by atoms with E-state index in [9.17, 15) is 9.90 Å². The van der Waals surface area contributed by atoms with Crippen molar-refractivity contribution >= 4 is 39.4 Å². The molecule has 1 fully saturated rings. The minimum atomic E-state index is -1.14. The molecule has 0 radical (unpaired) electrons. The number of nitrogens with zero attached hydrogens (tertiary/aromatic N) is 6. The Kier molecular flexibility index (Phi) is 9.04. The number of para-hydroxylation sites is 2. The third kappa shape index (κ3) is 6.09. The van der Waals surface area contributed by atoms with Crippen molar-refractivity contribution in [3.63, 3.8) is 0 Å². The van der Waals surface area contributed by atoms with E-state index in [2.05, 4.69) is 9.97 Å². The van der Waals surface area contributed by atoms with Gasteiger partial charge in [-0.1, -0.05) is 18.2 Å². The van der Waals surface area contributed by atoms with E-state index in [1.54, 1.807) is 73.4 Å². The van der Waals surface area contributed by atoms with Gasteiger partial charge in [0.25, 0.3) is 5.56 Å². The van der Waals surface area contributed by atoms with Crippen LogP contribution in [0, 0.1) is 5.41 Å². The van der Waals surface area contributed by atoms with Crippen molar-refractivity contribution in [1.82, 2.24) is 34.3 Å². The Hall–Kier alpha value is -6.94. The lowest BCUT2D eigenvalue weighted by molar-refractivity contribution is 0.135. The number of nitrogens with one attached hydrogen (secondary N) is 3. The molecule has 16 heteroatoms. The summed E-state index contributed by atoms with van der Waals surface area (Å²) in [7, 11) is 6.30. The summed E-state index contributed by atoms with van der Waals surface area (Å²) in [4.78, 5) is 29.6. The molecular formula is C40H42N10O6. The molecule has 4 aromatic carbocycles. The zero-order valence-electron chi connectivity index (χ0n) is 31.7. The number of imidazole rings is 2. The van der Waals surface area contributed by atoms with E-state index in [1.165, 1.54) is 4.68 Å². The van der Waals surface area contributed by atoms with Crippen molar-refractivity contribution in [3.8, 4) is 40.1 Å². The first-order valence-electron chi connectivity index (χ1n) is 17.9. The molecule has 1 saturated heterocycles. The summed E-state index contributed by atoms with van der Waals surface area (Å²) in [6, 6.07) is 23.7. The van der Waals surface area contributed by atoms with Crippen LogP contribution in [0.15, 0.2) is 83.7 Å². The Morgan fingerprint density at radius 2 is 1.48 bits per heavy atom. The monoisotopic (exact) mass is 758 g/mol. The molecule has 6 N–H and O–H groups in total. The van der Waals surface area contributed by atoms with Crippen molar-refractivity contribution in [1.29, 1.82) is 5.41 Å². The van der Waals surface area contributed by atoms with Gasteiger partial charge < -0.3 is 39.8 Å². The number of aliphatic hydroxyl groups excluding tert-OH is 1. The van der Waals surface area contributed by atoms with Crippen LogP contribution >= 0.6 is 0 Å². The Bertz CT molecular complexity index is 2620. The number of nitrogen functional groups attached to an aromatic ring is 1. The molecule has 0 spiro atoms. The Morgan fingerprint density at radius 3 is 2.16 bits per heavy atom. The topological polar surface area (TPSA) is 198 Å². The third-order valence-electron chi connectivity index (χ3n) is 9.94. The lowest BCUT2D eigenvalue weighted by Gasteiger charge is -2.35. The molecule has 288 valence electrons. The molecule has 1 aliphatic heterocycles. The Morgan fingerprint density at radius 1 is 0.839 bits per heavy atom. The number of H-pyrrole nitrogens is 2. The van der Waals surface area contributed by atoms with Crippen LogP contribution in [-0.4, -0.2) is 78.8 Å². The van der Waals surface area contributed by atoms with E-state index < -0.39 is 12.1 Å². The fourth-order valence-electron chi connectivity index (χ4n) is 7.26. The smallest absolute Gasteiger partial charge is 0.280 e. The number of aliphatic hydroxyl groups is 1. The summed E-state index contributed by atoms with van der Waals surface area (Å²) in [5.41, 5.74) is 11.4. The minimum Gasteiger partial charge on any atom is -0.497 e. The van der Waals surface area contributed by atoms with Crippen LogP contribution < -0.4 is 35.2 Å². The summed E-state index contributed by atoms with van der Waals surface area (Å²) < 4.78 is 25.8. The predicted molar refractivity (Wildman–Crippen MR) is 213 cm³/mol. The average Bonchev–Trinajstić information content (AvgIpc) is 3.93. The second-order valence-corrected chi connectivity index (χ2v) is 13.8. The van der Waals surface area contributed by atoms with Crippen LogP contribution in [0.2, 0.25) is 0 Å². The number of benzene rings is 4. The molecule has 7 aromatic rings. The second-order valence-electron chi connectivity index (χ2n) is 13.8. The number of anilines is 2. The van der Waals surface area contributed by atoms with E-state index in [1.807, 2.05) is 62.4 Å². The first kappa shape index (κ1) is 36.1. The normalized spacial score (nSPS) is 15.8. The minimum absolute atomic E-state index is 0.160. The van der Waals surface area contributed by atoms with Crippen LogP contribution in [0.5, 0.6) is 23.0 Å². The standard InChI is InChI=1S/C40H42N10O6/c1-21(2)48-35(41)34(38-43-29-9-7-8-10-30(29)44-38)40(52)50(48)24-16-27(55-6)19-28(17-24)56-20-22-11-12-31-32(13-22)46-37(45-31)33-36(42)49(47(3)39(33)51)23-14-25(53-4)18-26(15-23)54-5/h7-19,21,34,40-41,52H,20,42H2,1-6H3,(H,43,44)(H,45,46). The summed E-state index contributed by atoms with van der Waals surface area (Å²) in [6.45, 7) is 4.11. The molecule has 0 saturated carbocycles. The summed E-state index contributed by atoms with van der Waals surface area (Å²) in [6.07, 6.45) is -1.14. The van der Waals surface area contributed by atoms with Crippen LogP contribution in [-0.2, 0) is 13.7 Å². The predicted octanol–water partition coefficient (Wildman–Crippen LogP) is 5.31. The summed E-state index contributed by atoms with van der Waals surface area (Å²) >= 11 is 0. The van der Waals surface area contributed by atoms with Crippen LogP contribution in [0.25, 0.3) is 39.1 Å². The molecular weight excluding hydrogens is 717 g/mol. The van der Waals surface area contributed by atoms with Crippen LogP contribution in [0.4, 0.5) is 11.5 Å². The Balaban J connectivity index is 1.06. The highest BCUT2D eigenvalue weighted by Crippen LogP contribution is 2.40. The number of rotatable bonds is 11. The van der Waals surface area contributed by atoms with Crippen LogP contribution in [0.1, 0.15) is 31.2 Å². The molecule has 56 heavy (non-hydrogen) atoms. The van der Waals surface area contributed by atoms with Gasteiger partial charge in [-0.15, -0.1) is 0 Å². The van der Waals surface area contributed by atoms with E-state index in [4.69, 9.17) is 40.1 Å². The van der Waals surface area contributed by atoms with Gasteiger partial charge >= 0.3 is 0 Å². The van der Waals surface area contributed by atoms with E-state index >= 15 is 0 Å². The molecule has 2 atom stereocenters. The number of nitrogens with two attached hydrogens (primary N) is 1. The van der Waals surface area contributed by atoms with E-state index in [0.717, 1.165) is 16.6 Å². The molecule has 16 nitrogen and oxygen atoms in total. The average molecular weight is 759 g/mol. The van der Waals surface area contributed by atoms with Crippen molar-refractivity contribution in [2.24, 2.45) is 7.05 Å². The number of fused-ring (bicyclic) bond motifs is 2. The number of methoxy groups -OCH3 is 3. The van der Waals surface area contributed by atoms with Gasteiger partial charge in [-0.25, -0.2) is 19.3 Å². The maximum atomic E-state index is 13.6. The molecule has 3 aromatic heterocycles. The van der Waals surface area contributed by atoms with Gasteiger partial charge in [-0.2, -0.15) is 0 Å². The first-order valence-corrected chi connectivity index (χ1v) is 17.9. The van der Waals surface area contributed by atoms with Gasteiger partial charge in [0.1, 0.15) is 64.4 Å². The number of hydrogen-bond acceptors (Lipinski definition) is 11. The maximum Gasteiger partial charge on any atom is 0.280 e. The highest BCUT2D eigenvalue weighted by molar-refractivity contribution is 5.92. The van der Waals surface area contributed by atoms with E-state index in [0.29, 0.717) is 57.1 Å². The second kappa shape index (κ2) is 14.0. The van der Waals surface area contributed by atoms with Crippen molar-refractivity contribution < 1.29 is 24.1 Å². The maximum absolute atomic E-state index is 13.6. The van der Waals surface area contributed by atoms with Gasteiger partial charge in [0.2, 0.25) is 0 Å². The molecule has 0 aliphatic carbocycles. The van der Waals surface area contributed by atoms with Gasteiger partial charge in [0.15, 0.2) is 6.23 Å². The van der Waals surface area contributed by atoms with Crippen LogP contribution in [0.3, 0.4) is 0 Å². The molecule has 4 heterocycles. The Labute approximate surface area is 321 Å². The largest absolute Gasteiger partial charge is 0.497 e. The lowest BCUT2D eigenvalue weighted by atomic mass is 10.1. The van der Waals surface area contributed by atoms with Crippen molar-refractivity contribution in [2.75, 3.05) is 32.1 Å². The molecule has 1 aliphatic rings. The highest BCUT2D eigenvalue weighted by Gasteiger charge is 2.47. The van der Waals surface area contributed by atoms with E-state index in [-0.39, 0.29) is 35.4 Å². The van der Waals surface area contributed by atoms with Crippen molar-refractivity contribution in [2.45, 2.75) is 38.6 Å². The van der Waals surface area contributed by atoms with Gasteiger partial charge in [-0.05, 0) is 43.7 Å². The van der Waals surface area contributed by atoms with Crippen molar-refractivity contribution in [3.05, 3.63) is 101 Å². The number of ether oxygens (including phenoxy) is 4. The zero-order chi connectivity index (χ0) is 39.4. The fraction of sp³-hybridized carbons (Fsp3) is 0.250. The number of hydrogen-bond donors (Lipinski definition) is 5. The lowest BCUT2D eigenvalue weighted by Crippen LogP contribution is -2.46. The summed E-state index contributed by atoms with van der Waals surface area (Å²) in [5, 5.41) is 24.4. The zero-order valence-corrected chi connectivity index (χ0v) is 31.7. The fourth-order valence-corrected chi connectivity index (χ4v) is 7.26. The van der Waals surface area contributed by atoms with Gasteiger partial charge in [0, 0.05) is 49.5 Å². The number of amidine groups is 1. The highest BCUT2D eigenvalue weighted by atomic mass is 16.5.